The summed E-state index contributed by atoms with van der Waals surface area (Å²) in [7, 11) is 0. The molecule has 0 heterocycles. The van der Waals surface area contributed by atoms with Gasteiger partial charge in [0.2, 0.25) is 0 Å². The third kappa shape index (κ3) is 2.21. The van der Waals surface area contributed by atoms with Crippen LogP contribution in [-0.4, -0.2) is 0 Å². The Hall–Kier alpha value is -1.54. The molecular weight excluding hydrogens is 286 g/mol. The summed E-state index contributed by atoms with van der Waals surface area (Å²) >= 11 is 3.46. The summed E-state index contributed by atoms with van der Waals surface area (Å²) in [6.07, 6.45) is 4.48. The average molecular weight is 300 g/mol. The quantitative estimate of drug-likeness (QED) is 0.770. The van der Waals surface area contributed by atoms with Gasteiger partial charge >= 0.3 is 0 Å². The summed E-state index contributed by atoms with van der Waals surface area (Å²) in [5.74, 6) is 0. The highest BCUT2D eigenvalue weighted by molar-refractivity contribution is 9.10. The van der Waals surface area contributed by atoms with E-state index in [4.69, 9.17) is 5.73 Å². The van der Waals surface area contributed by atoms with E-state index in [1.807, 2.05) is 6.07 Å². The molecule has 0 saturated carbocycles. The number of rotatable bonds is 1. The van der Waals surface area contributed by atoms with E-state index in [9.17, 15) is 0 Å². The average Bonchev–Trinajstić information content (AvgIpc) is 2.74. The minimum absolute atomic E-state index is 0.860. The molecule has 0 radical (unpaired) electrons. The van der Waals surface area contributed by atoms with Crippen LogP contribution in [0, 0.1) is 0 Å². The summed E-state index contributed by atoms with van der Waals surface area (Å²) < 4.78 is 1.12. The maximum absolute atomic E-state index is 5.82. The van der Waals surface area contributed by atoms with Crippen LogP contribution >= 0.6 is 15.9 Å². The standard InChI is InChI=1S/C16H14BrN/c17-14-5-1-11(2-6-14)9-12-3-4-13-10-15(18)7-8-16(12)13/h1-2,5-10H,3-4,18H2. The first kappa shape index (κ1) is 11.5. The lowest BCUT2D eigenvalue weighted by molar-refractivity contribution is 1.08. The highest BCUT2D eigenvalue weighted by Crippen LogP contribution is 2.34. The van der Waals surface area contributed by atoms with Crippen molar-refractivity contribution in [1.29, 1.82) is 0 Å². The van der Waals surface area contributed by atoms with Gasteiger partial charge in [0.05, 0.1) is 0 Å². The molecule has 0 amide bonds. The third-order valence-corrected chi connectivity index (χ3v) is 3.88. The number of hydrogen-bond donors (Lipinski definition) is 1. The molecule has 2 N–H and O–H groups in total. The van der Waals surface area contributed by atoms with Gasteiger partial charge in [-0.15, -0.1) is 0 Å². The van der Waals surface area contributed by atoms with Crippen LogP contribution < -0.4 is 5.73 Å². The second kappa shape index (κ2) is 4.62. The Balaban J connectivity index is 1.98. The largest absolute Gasteiger partial charge is 0.399 e. The monoisotopic (exact) mass is 299 g/mol. The molecule has 0 spiro atoms. The van der Waals surface area contributed by atoms with Crippen molar-refractivity contribution >= 4 is 33.3 Å². The van der Waals surface area contributed by atoms with E-state index in [-0.39, 0.29) is 0 Å². The van der Waals surface area contributed by atoms with Gasteiger partial charge in [0.1, 0.15) is 0 Å². The van der Waals surface area contributed by atoms with Gasteiger partial charge in [0.15, 0.2) is 0 Å². The third-order valence-electron chi connectivity index (χ3n) is 3.35. The molecule has 2 aromatic carbocycles. The van der Waals surface area contributed by atoms with E-state index in [1.54, 1.807) is 0 Å². The second-order valence-electron chi connectivity index (χ2n) is 4.64. The van der Waals surface area contributed by atoms with Gasteiger partial charge in [-0.25, -0.2) is 0 Å². The van der Waals surface area contributed by atoms with Crippen LogP contribution in [0.3, 0.4) is 0 Å². The second-order valence-corrected chi connectivity index (χ2v) is 5.55. The number of nitrogen functional groups attached to an aromatic ring is 1. The van der Waals surface area contributed by atoms with Crippen molar-refractivity contribution in [3.63, 3.8) is 0 Å². The SMILES string of the molecule is Nc1ccc2c(c1)CCC2=Cc1ccc(Br)cc1. The van der Waals surface area contributed by atoms with E-state index in [1.165, 1.54) is 22.3 Å². The lowest BCUT2D eigenvalue weighted by atomic mass is 10.0. The molecule has 1 aliphatic carbocycles. The highest BCUT2D eigenvalue weighted by atomic mass is 79.9. The minimum Gasteiger partial charge on any atom is -0.399 e. The lowest BCUT2D eigenvalue weighted by Crippen LogP contribution is -1.87. The van der Waals surface area contributed by atoms with Crippen LogP contribution in [0.5, 0.6) is 0 Å². The normalized spacial score (nSPS) is 15.9. The number of nitrogens with two attached hydrogens (primary N) is 1. The summed E-state index contributed by atoms with van der Waals surface area (Å²) in [4.78, 5) is 0. The van der Waals surface area contributed by atoms with Crippen LogP contribution in [0.4, 0.5) is 5.69 Å². The zero-order chi connectivity index (χ0) is 12.5. The Morgan fingerprint density at radius 1 is 1.00 bits per heavy atom. The first-order chi connectivity index (χ1) is 8.72. The van der Waals surface area contributed by atoms with E-state index < -0.39 is 0 Å². The van der Waals surface area contributed by atoms with Crippen molar-refractivity contribution in [1.82, 2.24) is 0 Å². The maximum Gasteiger partial charge on any atom is 0.0317 e. The van der Waals surface area contributed by atoms with Crippen LogP contribution in [0.25, 0.3) is 11.6 Å². The van der Waals surface area contributed by atoms with Crippen molar-refractivity contribution < 1.29 is 0 Å². The molecule has 1 aliphatic rings. The smallest absolute Gasteiger partial charge is 0.0317 e. The van der Waals surface area contributed by atoms with Crippen LogP contribution in [0.2, 0.25) is 0 Å². The number of halogens is 1. The van der Waals surface area contributed by atoms with Crippen LogP contribution in [0.15, 0.2) is 46.9 Å². The van der Waals surface area contributed by atoms with E-state index >= 15 is 0 Å². The van der Waals surface area contributed by atoms with Crippen molar-refractivity contribution in [3.05, 3.63) is 63.6 Å². The number of allylic oxidation sites excluding steroid dienone is 1. The molecule has 0 unspecified atom stereocenters. The summed E-state index contributed by atoms with van der Waals surface area (Å²) in [5, 5.41) is 0. The molecule has 90 valence electrons. The Morgan fingerprint density at radius 3 is 2.56 bits per heavy atom. The summed E-state index contributed by atoms with van der Waals surface area (Å²) in [6.45, 7) is 0. The fourth-order valence-electron chi connectivity index (χ4n) is 2.45. The van der Waals surface area contributed by atoms with E-state index in [0.29, 0.717) is 0 Å². The molecule has 0 aliphatic heterocycles. The number of anilines is 1. The maximum atomic E-state index is 5.82. The zero-order valence-corrected chi connectivity index (χ0v) is 11.6. The van der Waals surface area contributed by atoms with E-state index in [0.717, 1.165) is 23.0 Å². The molecule has 0 bridgehead atoms. The Bertz CT molecular complexity index is 611. The van der Waals surface area contributed by atoms with Crippen molar-refractivity contribution in [3.8, 4) is 0 Å². The molecule has 2 heteroatoms. The first-order valence-electron chi connectivity index (χ1n) is 6.07. The van der Waals surface area contributed by atoms with Crippen molar-refractivity contribution in [2.45, 2.75) is 12.8 Å². The van der Waals surface area contributed by atoms with E-state index in [2.05, 4.69) is 58.4 Å². The van der Waals surface area contributed by atoms with Gasteiger partial charge in [-0.05, 0) is 59.4 Å². The molecular formula is C16H14BrN. The molecule has 0 fully saturated rings. The molecule has 3 rings (SSSR count). The Morgan fingerprint density at radius 2 is 1.78 bits per heavy atom. The van der Waals surface area contributed by atoms with Gasteiger partial charge in [-0.1, -0.05) is 40.2 Å². The Kier molecular flexibility index (Phi) is 2.96. The van der Waals surface area contributed by atoms with Crippen molar-refractivity contribution in [2.75, 3.05) is 5.73 Å². The highest BCUT2D eigenvalue weighted by Gasteiger charge is 2.15. The van der Waals surface area contributed by atoms with Crippen molar-refractivity contribution in [2.24, 2.45) is 0 Å². The first-order valence-corrected chi connectivity index (χ1v) is 6.86. The molecule has 0 saturated heterocycles. The van der Waals surface area contributed by atoms with Gasteiger partial charge in [0.25, 0.3) is 0 Å². The minimum atomic E-state index is 0.860. The molecule has 0 atom stereocenters. The molecule has 0 aromatic heterocycles. The lowest BCUT2D eigenvalue weighted by Gasteiger charge is -2.03. The predicted molar refractivity (Wildman–Crippen MR) is 81.2 cm³/mol. The van der Waals surface area contributed by atoms with Gasteiger partial charge < -0.3 is 5.73 Å². The fraction of sp³-hybridized carbons (Fsp3) is 0.125. The number of benzene rings is 2. The summed E-state index contributed by atoms with van der Waals surface area (Å²) in [5.41, 5.74) is 12.1. The van der Waals surface area contributed by atoms with Gasteiger partial charge in [-0.3, -0.25) is 0 Å². The molecule has 1 nitrogen and oxygen atoms in total. The fourth-order valence-corrected chi connectivity index (χ4v) is 2.71. The van der Waals surface area contributed by atoms with Gasteiger partial charge in [0, 0.05) is 10.2 Å². The van der Waals surface area contributed by atoms with Crippen LogP contribution in [0.1, 0.15) is 23.1 Å². The predicted octanol–water partition coefficient (Wildman–Crippen LogP) is 4.52. The Labute approximate surface area is 115 Å². The topological polar surface area (TPSA) is 26.0 Å². The molecule has 2 aromatic rings. The number of hydrogen-bond acceptors (Lipinski definition) is 1. The zero-order valence-electron chi connectivity index (χ0n) is 9.99. The number of aryl methyl sites for hydroxylation is 1. The number of fused-ring (bicyclic) bond motifs is 1. The molecule has 18 heavy (non-hydrogen) atoms. The van der Waals surface area contributed by atoms with Gasteiger partial charge in [-0.2, -0.15) is 0 Å². The van der Waals surface area contributed by atoms with Crippen LogP contribution in [-0.2, 0) is 6.42 Å². The summed E-state index contributed by atoms with van der Waals surface area (Å²) in [6, 6.07) is 14.6.